The van der Waals surface area contributed by atoms with Crippen LogP contribution in [0.1, 0.15) is 30.3 Å². The molecule has 4 rings (SSSR count). The van der Waals surface area contributed by atoms with Crippen LogP contribution in [0.5, 0.6) is 0 Å². The fourth-order valence-corrected chi connectivity index (χ4v) is 3.45. The van der Waals surface area contributed by atoms with Crippen molar-refractivity contribution in [2.75, 3.05) is 36.0 Å². The minimum Gasteiger partial charge on any atom is -0.343 e. The molecule has 0 spiro atoms. The smallest absolute Gasteiger partial charge is 0.252 e. The van der Waals surface area contributed by atoms with E-state index in [4.69, 9.17) is 0 Å². The van der Waals surface area contributed by atoms with Crippen LogP contribution in [-0.2, 0) is 0 Å². The average molecular weight is 318 g/mol. The number of rotatable bonds is 3. The number of nitrogens with zero attached hydrogens (tertiary/aromatic N) is 5. The predicted molar refractivity (Wildman–Crippen MR) is 85.9 cm³/mol. The van der Waals surface area contributed by atoms with Gasteiger partial charge in [-0.1, -0.05) is 0 Å². The largest absolute Gasteiger partial charge is 0.343 e. The third kappa shape index (κ3) is 2.70. The Hall–Kier alpha value is -1.96. The molecule has 0 aromatic carbocycles. The van der Waals surface area contributed by atoms with Gasteiger partial charge in [0.05, 0.1) is 5.69 Å². The summed E-state index contributed by atoms with van der Waals surface area (Å²) >= 11 is 1.44. The summed E-state index contributed by atoms with van der Waals surface area (Å²) in [7, 11) is 0. The molecule has 2 aromatic heterocycles. The van der Waals surface area contributed by atoms with Crippen LogP contribution in [0.15, 0.2) is 10.9 Å². The molecule has 1 N–H and O–H groups in total. The van der Waals surface area contributed by atoms with E-state index in [1.807, 2.05) is 6.92 Å². The van der Waals surface area contributed by atoms with Crippen molar-refractivity contribution >= 4 is 22.6 Å². The highest BCUT2D eigenvalue weighted by Gasteiger charge is 2.27. The highest BCUT2D eigenvalue weighted by molar-refractivity contribution is 7.09. The molecule has 7 nitrogen and oxygen atoms in total. The minimum absolute atomic E-state index is 0.0472. The van der Waals surface area contributed by atoms with Crippen molar-refractivity contribution in [2.24, 2.45) is 0 Å². The van der Waals surface area contributed by atoms with E-state index in [1.165, 1.54) is 11.5 Å². The SMILES string of the molecule is Cc1nsc(N2CCN(c3nc(C4CC4)cc(=O)[nH]3)CC2)n1. The fourth-order valence-electron chi connectivity index (χ4n) is 2.73. The average Bonchev–Trinajstić information content (AvgIpc) is 3.29. The Balaban J connectivity index is 1.48. The molecule has 22 heavy (non-hydrogen) atoms. The molecule has 2 aliphatic rings. The lowest BCUT2D eigenvalue weighted by atomic mass is 10.3. The summed E-state index contributed by atoms with van der Waals surface area (Å²) in [6, 6.07) is 1.64. The normalized spacial score (nSPS) is 18.8. The summed E-state index contributed by atoms with van der Waals surface area (Å²) in [4.78, 5) is 28.2. The summed E-state index contributed by atoms with van der Waals surface area (Å²) in [6.07, 6.45) is 2.31. The molecule has 0 amide bonds. The van der Waals surface area contributed by atoms with Crippen molar-refractivity contribution in [1.82, 2.24) is 19.3 Å². The summed E-state index contributed by atoms with van der Waals surface area (Å²) in [5, 5.41) is 0.977. The van der Waals surface area contributed by atoms with Gasteiger partial charge in [0.25, 0.3) is 5.56 Å². The van der Waals surface area contributed by atoms with E-state index in [1.54, 1.807) is 6.07 Å². The van der Waals surface area contributed by atoms with Gasteiger partial charge in [-0.05, 0) is 19.8 Å². The number of hydrogen-bond donors (Lipinski definition) is 1. The topological polar surface area (TPSA) is 78.0 Å². The number of hydrogen-bond acceptors (Lipinski definition) is 7. The Kier molecular flexibility index (Phi) is 3.33. The van der Waals surface area contributed by atoms with Crippen LogP contribution in [-0.4, -0.2) is 45.5 Å². The Labute approximate surface area is 132 Å². The minimum atomic E-state index is -0.0472. The summed E-state index contributed by atoms with van der Waals surface area (Å²) in [5.41, 5.74) is 0.898. The van der Waals surface area contributed by atoms with Gasteiger partial charge in [0.2, 0.25) is 11.1 Å². The number of H-pyrrole nitrogens is 1. The predicted octanol–water partition coefficient (Wildman–Crippen LogP) is 1.13. The number of nitrogens with one attached hydrogen (secondary N) is 1. The molecule has 0 bridgehead atoms. The van der Waals surface area contributed by atoms with Crippen LogP contribution in [0, 0.1) is 6.92 Å². The maximum Gasteiger partial charge on any atom is 0.252 e. The van der Waals surface area contributed by atoms with Gasteiger partial charge in [0, 0.05) is 49.7 Å². The van der Waals surface area contributed by atoms with Crippen LogP contribution >= 0.6 is 11.5 Å². The van der Waals surface area contributed by atoms with E-state index in [-0.39, 0.29) is 5.56 Å². The molecular formula is C14H18N6OS. The molecule has 8 heteroatoms. The van der Waals surface area contributed by atoms with Gasteiger partial charge in [-0.15, -0.1) is 0 Å². The lowest BCUT2D eigenvalue weighted by Crippen LogP contribution is -2.47. The van der Waals surface area contributed by atoms with Crippen LogP contribution in [0.4, 0.5) is 11.1 Å². The Bertz CT molecular complexity index is 729. The Morgan fingerprint density at radius 2 is 1.91 bits per heavy atom. The zero-order chi connectivity index (χ0) is 15.1. The first-order valence-corrected chi connectivity index (χ1v) is 8.38. The van der Waals surface area contributed by atoms with E-state index in [0.717, 1.165) is 55.7 Å². The molecule has 0 radical (unpaired) electrons. The van der Waals surface area contributed by atoms with Gasteiger partial charge in [0.15, 0.2) is 0 Å². The number of piperazine rings is 1. The van der Waals surface area contributed by atoms with Gasteiger partial charge >= 0.3 is 0 Å². The van der Waals surface area contributed by atoms with Crippen molar-refractivity contribution in [3.63, 3.8) is 0 Å². The van der Waals surface area contributed by atoms with Gasteiger partial charge in [-0.25, -0.2) is 9.97 Å². The molecule has 3 heterocycles. The van der Waals surface area contributed by atoms with Crippen molar-refractivity contribution in [2.45, 2.75) is 25.7 Å². The van der Waals surface area contributed by atoms with E-state index in [2.05, 4.69) is 29.1 Å². The van der Waals surface area contributed by atoms with E-state index in [9.17, 15) is 4.79 Å². The molecule has 1 aliphatic carbocycles. The lowest BCUT2D eigenvalue weighted by molar-refractivity contribution is 0.635. The fraction of sp³-hybridized carbons (Fsp3) is 0.571. The second-order valence-electron chi connectivity index (χ2n) is 5.87. The summed E-state index contributed by atoms with van der Waals surface area (Å²) in [6.45, 7) is 5.30. The van der Waals surface area contributed by atoms with Crippen molar-refractivity contribution in [3.8, 4) is 0 Å². The molecule has 2 fully saturated rings. The van der Waals surface area contributed by atoms with Crippen molar-refractivity contribution in [3.05, 3.63) is 27.9 Å². The van der Waals surface area contributed by atoms with Crippen molar-refractivity contribution < 1.29 is 0 Å². The highest BCUT2D eigenvalue weighted by Crippen LogP contribution is 2.38. The molecule has 0 unspecified atom stereocenters. The van der Waals surface area contributed by atoms with Gasteiger partial charge < -0.3 is 9.80 Å². The number of aromatic nitrogens is 4. The molecule has 116 valence electrons. The maximum atomic E-state index is 11.8. The molecule has 0 atom stereocenters. The van der Waals surface area contributed by atoms with Crippen LogP contribution < -0.4 is 15.4 Å². The first kappa shape index (κ1) is 13.7. The summed E-state index contributed by atoms with van der Waals surface area (Å²) in [5.74, 6) is 2.03. The molecular weight excluding hydrogens is 300 g/mol. The van der Waals surface area contributed by atoms with Gasteiger partial charge in [-0.3, -0.25) is 9.78 Å². The van der Waals surface area contributed by atoms with Crippen LogP contribution in [0.25, 0.3) is 0 Å². The van der Waals surface area contributed by atoms with E-state index >= 15 is 0 Å². The zero-order valence-electron chi connectivity index (χ0n) is 12.4. The van der Waals surface area contributed by atoms with E-state index in [0.29, 0.717) is 11.9 Å². The monoisotopic (exact) mass is 318 g/mol. The first-order chi connectivity index (χ1) is 10.7. The van der Waals surface area contributed by atoms with Crippen LogP contribution in [0.2, 0.25) is 0 Å². The zero-order valence-corrected chi connectivity index (χ0v) is 13.3. The molecule has 2 aromatic rings. The van der Waals surface area contributed by atoms with E-state index < -0.39 is 0 Å². The number of aromatic amines is 1. The van der Waals surface area contributed by atoms with Gasteiger partial charge in [-0.2, -0.15) is 4.37 Å². The standard InChI is InChI=1S/C14H18N6OS/c1-9-15-14(22-18-9)20-6-4-19(5-7-20)13-16-11(10-2-3-10)8-12(21)17-13/h8,10H,2-7H2,1H3,(H,16,17,21). The first-order valence-electron chi connectivity index (χ1n) is 7.60. The highest BCUT2D eigenvalue weighted by atomic mass is 32.1. The van der Waals surface area contributed by atoms with Gasteiger partial charge in [0.1, 0.15) is 5.82 Å². The molecule has 1 aliphatic heterocycles. The van der Waals surface area contributed by atoms with Crippen molar-refractivity contribution in [1.29, 1.82) is 0 Å². The second-order valence-corrected chi connectivity index (χ2v) is 6.60. The third-order valence-corrected chi connectivity index (χ3v) is 4.98. The quantitative estimate of drug-likeness (QED) is 0.914. The lowest BCUT2D eigenvalue weighted by Gasteiger charge is -2.34. The third-order valence-electron chi connectivity index (χ3n) is 4.11. The molecule has 1 saturated heterocycles. The molecule has 1 saturated carbocycles. The second kappa shape index (κ2) is 5.35. The number of aryl methyl sites for hydroxylation is 1. The maximum absolute atomic E-state index is 11.8. The Morgan fingerprint density at radius 3 is 2.55 bits per heavy atom. The Morgan fingerprint density at radius 1 is 1.18 bits per heavy atom. The number of anilines is 2. The van der Waals surface area contributed by atoms with Crippen LogP contribution in [0.3, 0.4) is 0 Å². The summed E-state index contributed by atoms with van der Waals surface area (Å²) < 4.78 is 4.23.